The van der Waals surface area contributed by atoms with Gasteiger partial charge in [0.05, 0.1) is 6.10 Å². The summed E-state index contributed by atoms with van der Waals surface area (Å²) >= 11 is 0. The first kappa shape index (κ1) is 13.6. The first-order chi connectivity index (χ1) is 8.83. The third-order valence-electron chi connectivity index (χ3n) is 4.13. The molecule has 2 heteroatoms. The van der Waals surface area contributed by atoms with E-state index in [2.05, 4.69) is 12.2 Å². The van der Waals surface area contributed by atoms with Gasteiger partial charge in [0.2, 0.25) is 0 Å². The first-order valence-corrected chi connectivity index (χ1v) is 7.29. The van der Waals surface area contributed by atoms with Gasteiger partial charge < -0.3 is 10.4 Å². The fourth-order valence-electron chi connectivity index (χ4n) is 3.05. The summed E-state index contributed by atoms with van der Waals surface area (Å²) in [6.45, 7) is 3.28. The Hall–Kier alpha value is -0.860. The summed E-state index contributed by atoms with van der Waals surface area (Å²) in [5, 5.41) is 14.2. The van der Waals surface area contributed by atoms with Crippen LogP contribution in [0.2, 0.25) is 0 Å². The Labute approximate surface area is 110 Å². The molecule has 1 saturated heterocycles. The topological polar surface area (TPSA) is 32.3 Å². The highest BCUT2D eigenvalue weighted by Gasteiger charge is 2.28. The highest BCUT2D eigenvalue weighted by atomic mass is 16.3. The normalized spacial score (nSPS) is 24.2. The molecule has 0 radical (unpaired) electrons. The van der Waals surface area contributed by atoms with Gasteiger partial charge in [-0.25, -0.2) is 0 Å². The van der Waals surface area contributed by atoms with Crippen molar-refractivity contribution >= 4 is 0 Å². The number of nitrogens with one attached hydrogen (secondary N) is 1. The SMILES string of the molecule is CCC(C1CCCCCN1)C(O)c1ccccc1. The van der Waals surface area contributed by atoms with E-state index < -0.39 is 0 Å². The molecule has 0 bridgehead atoms. The zero-order valence-electron chi connectivity index (χ0n) is 11.3. The Kier molecular flexibility index (Phi) is 5.21. The van der Waals surface area contributed by atoms with Gasteiger partial charge in [-0.1, -0.05) is 50.1 Å². The molecule has 0 amide bonds. The highest BCUT2D eigenvalue weighted by Crippen LogP contribution is 2.30. The molecule has 1 heterocycles. The van der Waals surface area contributed by atoms with Crippen LogP contribution in [0.15, 0.2) is 30.3 Å². The fourth-order valence-corrected chi connectivity index (χ4v) is 3.05. The summed E-state index contributed by atoms with van der Waals surface area (Å²) in [6.07, 6.45) is 5.76. The van der Waals surface area contributed by atoms with Crippen LogP contribution in [0.3, 0.4) is 0 Å². The molecule has 3 unspecified atom stereocenters. The van der Waals surface area contributed by atoms with Crippen molar-refractivity contribution in [3.05, 3.63) is 35.9 Å². The molecule has 1 aliphatic heterocycles. The van der Waals surface area contributed by atoms with Gasteiger partial charge in [0.25, 0.3) is 0 Å². The monoisotopic (exact) mass is 247 g/mol. The van der Waals surface area contributed by atoms with E-state index in [1.807, 2.05) is 30.3 Å². The first-order valence-electron chi connectivity index (χ1n) is 7.29. The maximum Gasteiger partial charge on any atom is 0.0832 e. The highest BCUT2D eigenvalue weighted by molar-refractivity contribution is 5.18. The summed E-state index contributed by atoms with van der Waals surface area (Å²) in [7, 11) is 0. The molecule has 0 aromatic heterocycles. The van der Waals surface area contributed by atoms with Crippen molar-refractivity contribution in [2.45, 2.75) is 51.2 Å². The van der Waals surface area contributed by atoms with Gasteiger partial charge in [-0.05, 0) is 31.4 Å². The lowest BCUT2D eigenvalue weighted by atomic mass is 9.85. The zero-order chi connectivity index (χ0) is 12.8. The predicted molar refractivity (Wildman–Crippen MR) is 75.4 cm³/mol. The minimum absolute atomic E-state index is 0.325. The fraction of sp³-hybridized carbons (Fsp3) is 0.625. The predicted octanol–water partition coefficient (Wildman–Crippen LogP) is 3.28. The zero-order valence-corrected chi connectivity index (χ0v) is 11.3. The molecule has 2 rings (SSSR count). The van der Waals surface area contributed by atoms with E-state index in [1.165, 1.54) is 25.7 Å². The minimum Gasteiger partial charge on any atom is -0.388 e. The van der Waals surface area contributed by atoms with Crippen molar-refractivity contribution in [3.63, 3.8) is 0 Å². The van der Waals surface area contributed by atoms with Gasteiger partial charge in [-0.2, -0.15) is 0 Å². The van der Waals surface area contributed by atoms with E-state index in [9.17, 15) is 5.11 Å². The van der Waals surface area contributed by atoms with Crippen LogP contribution in [0.5, 0.6) is 0 Å². The van der Waals surface area contributed by atoms with E-state index in [0.717, 1.165) is 18.5 Å². The second-order valence-electron chi connectivity index (χ2n) is 5.34. The van der Waals surface area contributed by atoms with Crippen molar-refractivity contribution in [3.8, 4) is 0 Å². The molecule has 2 N–H and O–H groups in total. The molecule has 0 spiro atoms. The van der Waals surface area contributed by atoms with Crippen LogP contribution in [-0.4, -0.2) is 17.7 Å². The number of aliphatic hydroxyl groups excluding tert-OH is 1. The molecule has 0 saturated carbocycles. The second-order valence-corrected chi connectivity index (χ2v) is 5.34. The Balaban J connectivity index is 2.07. The molecule has 100 valence electrons. The average molecular weight is 247 g/mol. The van der Waals surface area contributed by atoms with Crippen molar-refractivity contribution < 1.29 is 5.11 Å². The maximum atomic E-state index is 10.6. The smallest absolute Gasteiger partial charge is 0.0832 e. The third kappa shape index (κ3) is 3.33. The summed E-state index contributed by atoms with van der Waals surface area (Å²) in [5.41, 5.74) is 1.05. The third-order valence-corrected chi connectivity index (χ3v) is 4.13. The van der Waals surface area contributed by atoms with Gasteiger partial charge in [0.1, 0.15) is 0 Å². The van der Waals surface area contributed by atoms with Crippen LogP contribution in [-0.2, 0) is 0 Å². The number of hydrogen-bond acceptors (Lipinski definition) is 2. The van der Waals surface area contributed by atoms with Crippen molar-refractivity contribution in [1.29, 1.82) is 0 Å². The Morgan fingerprint density at radius 3 is 2.72 bits per heavy atom. The molecule has 1 aliphatic rings. The summed E-state index contributed by atoms with van der Waals surface area (Å²) < 4.78 is 0. The van der Waals surface area contributed by atoms with E-state index >= 15 is 0 Å². The average Bonchev–Trinajstić information content (AvgIpc) is 2.70. The van der Waals surface area contributed by atoms with Crippen LogP contribution in [0.4, 0.5) is 0 Å². The number of benzene rings is 1. The van der Waals surface area contributed by atoms with Gasteiger partial charge in [0.15, 0.2) is 0 Å². The van der Waals surface area contributed by atoms with E-state index in [4.69, 9.17) is 0 Å². The lowest BCUT2D eigenvalue weighted by Gasteiger charge is -2.30. The van der Waals surface area contributed by atoms with Gasteiger partial charge >= 0.3 is 0 Å². The van der Waals surface area contributed by atoms with Crippen molar-refractivity contribution in [2.24, 2.45) is 5.92 Å². The van der Waals surface area contributed by atoms with Crippen LogP contribution in [0.25, 0.3) is 0 Å². The molecule has 18 heavy (non-hydrogen) atoms. The molecule has 2 nitrogen and oxygen atoms in total. The standard InChI is InChI=1S/C16H25NO/c1-2-14(15-11-7-4-8-12-17-15)16(18)13-9-5-3-6-10-13/h3,5-6,9-10,14-18H,2,4,7-8,11-12H2,1H3. The molecule has 1 aromatic rings. The van der Waals surface area contributed by atoms with E-state index in [1.54, 1.807) is 0 Å². The molecular weight excluding hydrogens is 222 g/mol. The maximum absolute atomic E-state index is 10.6. The van der Waals surface area contributed by atoms with Crippen LogP contribution in [0.1, 0.15) is 50.7 Å². The summed E-state index contributed by atoms with van der Waals surface area (Å²) in [6, 6.07) is 10.5. The van der Waals surface area contributed by atoms with Gasteiger partial charge in [0, 0.05) is 12.0 Å². The summed E-state index contributed by atoms with van der Waals surface area (Å²) in [4.78, 5) is 0. The van der Waals surface area contributed by atoms with Crippen LogP contribution < -0.4 is 5.32 Å². The largest absolute Gasteiger partial charge is 0.388 e. The van der Waals surface area contributed by atoms with Crippen LogP contribution >= 0.6 is 0 Å². The van der Waals surface area contributed by atoms with Crippen molar-refractivity contribution in [1.82, 2.24) is 5.32 Å². The van der Waals surface area contributed by atoms with Crippen molar-refractivity contribution in [2.75, 3.05) is 6.54 Å². The molecule has 1 fully saturated rings. The van der Waals surface area contributed by atoms with Gasteiger partial charge in [-0.15, -0.1) is 0 Å². The summed E-state index contributed by atoms with van der Waals surface area (Å²) in [5.74, 6) is 0.325. The quantitative estimate of drug-likeness (QED) is 0.856. The molecule has 0 aliphatic carbocycles. The minimum atomic E-state index is -0.341. The lowest BCUT2D eigenvalue weighted by molar-refractivity contribution is 0.0797. The Morgan fingerprint density at radius 1 is 1.22 bits per heavy atom. The lowest BCUT2D eigenvalue weighted by Crippen LogP contribution is -2.38. The van der Waals surface area contributed by atoms with E-state index in [-0.39, 0.29) is 6.10 Å². The second kappa shape index (κ2) is 6.91. The number of hydrogen-bond donors (Lipinski definition) is 2. The molecule has 3 atom stereocenters. The Bertz CT molecular complexity index is 330. The molecular formula is C16H25NO. The number of rotatable bonds is 4. The van der Waals surface area contributed by atoms with Crippen LogP contribution in [0, 0.1) is 5.92 Å². The van der Waals surface area contributed by atoms with Gasteiger partial charge in [-0.3, -0.25) is 0 Å². The Morgan fingerprint density at radius 2 is 2.00 bits per heavy atom. The van der Waals surface area contributed by atoms with E-state index in [0.29, 0.717) is 12.0 Å². The number of aliphatic hydroxyl groups is 1. The molecule has 1 aromatic carbocycles.